The summed E-state index contributed by atoms with van der Waals surface area (Å²) in [4.78, 5) is 26.4. The van der Waals surface area contributed by atoms with Crippen molar-refractivity contribution < 1.29 is 23.8 Å². The topological polar surface area (TPSA) is 77.1 Å². The Morgan fingerprint density at radius 3 is 2.39 bits per heavy atom. The molecule has 0 saturated carbocycles. The highest BCUT2D eigenvalue weighted by Gasteiger charge is 2.32. The SMILES string of the molecule is COc1ccc(CC(=O)N[C@@H]2CC(=O)N(c3ccc(OC)c(OC)c3)C2)cc1. The fourth-order valence-corrected chi connectivity index (χ4v) is 3.25. The minimum atomic E-state index is -0.230. The third-order valence-electron chi connectivity index (χ3n) is 4.69. The van der Waals surface area contributed by atoms with Crippen molar-refractivity contribution in [3.8, 4) is 17.2 Å². The van der Waals surface area contributed by atoms with Crippen LogP contribution in [0.5, 0.6) is 17.2 Å². The van der Waals surface area contributed by atoms with Crippen LogP contribution in [0.1, 0.15) is 12.0 Å². The number of nitrogens with one attached hydrogen (secondary N) is 1. The summed E-state index contributed by atoms with van der Waals surface area (Å²) < 4.78 is 15.7. The second-order valence-corrected chi connectivity index (χ2v) is 6.54. The normalized spacial score (nSPS) is 16.0. The first-order chi connectivity index (χ1) is 13.5. The lowest BCUT2D eigenvalue weighted by Crippen LogP contribution is -2.38. The lowest BCUT2D eigenvalue weighted by molar-refractivity contribution is -0.121. The van der Waals surface area contributed by atoms with Crippen molar-refractivity contribution in [1.29, 1.82) is 0 Å². The fourth-order valence-electron chi connectivity index (χ4n) is 3.25. The third-order valence-corrected chi connectivity index (χ3v) is 4.69. The van der Waals surface area contributed by atoms with Gasteiger partial charge in [-0.25, -0.2) is 0 Å². The van der Waals surface area contributed by atoms with E-state index in [0.29, 0.717) is 18.0 Å². The average molecular weight is 384 g/mol. The highest BCUT2D eigenvalue weighted by Crippen LogP contribution is 2.33. The van der Waals surface area contributed by atoms with Crippen LogP contribution in [0, 0.1) is 0 Å². The molecule has 0 unspecified atom stereocenters. The third kappa shape index (κ3) is 4.36. The van der Waals surface area contributed by atoms with E-state index in [-0.39, 0.29) is 30.7 Å². The number of carbonyl (C=O) groups excluding carboxylic acids is 2. The van der Waals surface area contributed by atoms with Gasteiger partial charge in [-0.15, -0.1) is 0 Å². The number of amides is 2. The van der Waals surface area contributed by atoms with E-state index >= 15 is 0 Å². The van der Waals surface area contributed by atoms with Crippen LogP contribution in [0.2, 0.25) is 0 Å². The van der Waals surface area contributed by atoms with Crippen LogP contribution in [0.3, 0.4) is 0 Å². The van der Waals surface area contributed by atoms with Crippen LogP contribution in [-0.4, -0.2) is 45.7 Å². The van der Waals surface area contributed by atoms with E-state index in [1.54, 1.807) is 44.4 Å². The molecule has 1 aliphatic rings. The van der Waals surface area contributed by atoms with Crippen LogP contribution in [0.15, 0.2) is 42.5 Å². The van der Waals surface area contributed by atoms with Gasteiger partial charge in [0.25, 0.3) is 0 Å². The molecular weight excluding hydrogens is 360 g/mol. The van der Waals surface area contributed by atoms with E-state index in [2.05, 4.69) is 5.32 Å². The van der Waals surface area contributed by atoms with Crippen LogP contribution >= 0.6 is 0 Å². The summed E-state index contributed by atoms with van der Waals surface area (Å²) in [6, 6.07) is 12.4. The average Bonchev–Trinajstić information content (AvgIpc) is 3.07. The van der Waals surface area contributed by atoms with Gasteiger partial charge in [-0.2, -0.15) is 0 Å². The Balaban J connectivity index is 1.61. The van der Waals surface area contributed by atoms with Crippen molar-refractivity contribution in [2.75, 3.05) is 32.8 Å². The Morgan fingerprint density at radius 2 is 1.75 bits per heavy atom. The molecule has 1 aliphatic heterocycles. The zero-order valence-corrected chi connectivity index (χ0v) is 16.2. The molecule has 1 heterocycles. The van der Waals surface area contributed by atoms with E-state index in [9.17, 15) is 9.59 Å². The van der Waals surface area contributed by atoms with E-state index in [4.69, 9.17) is 14.2 Å². The Bertz CT molecular complexity index is 850. The van der Waals surface area contributed by atoms with Crippen LogP contribution < -0.4 is 24.4 Å². The van der Waals surface area contributed by atoms with Crippen LogP contribution in [0.4, 0.5) is 5.69 Å². The molecule has 7 heteroatoms. The fraction of sp³-hybridized carbons (Fsp3) is 0.333. The first kappa shape index (κ1) is 19.5. The number of ether oxygens (including phenoxy) is 3. The standard InChI is InChI=1S/C21H24N2O5/c1-26-17-7-4-14(5-8-17)10-20(24)22-15-11-21(25)23(13-15)16-6-9-18(27-2)19(12-16)28-3/h4-9,12,15H,10-11,13H2,1-3H3,(H,22,24)/t15-/m1/s1. The summed E-state index contributed by atoms with van der Waals surface area (Å²) in [7, 11) is 4.71. The molecule has 0 aliphatic carbocycles. The molecule has 7 nitrogen and oxygen atoms in total. The Hall–Kier alpha value is -3.22. The minimum absolute atomic E-state index is 0.0398. The molecule has 3 rings (SSSR count). The van der Waals surface area contributed by atoms with Gasteiger partial charge in [0.15, 0.2) is 11.5 Å². The van der Waals surface area contributed by atoms with Crippen LogP contribution in [-0.2, 0) is 16.0 Å². The first-order valence-corrected chi connectivity index (χ1v) is 8.98. The molecule has 1 atom stereocenters. The molecule has 0 spiro atoms. The Labute approximate surface area is 164 Å². The van der Waals surface area contributed by atoms with E-state index in [1.165, 1.54) is 0 Å². The molecule has 0 aromatic heterocycles. The maximum atomic E-state index is 12.4. The molecule has 2 aromatic rings. The zero-order valence-electron chi connectivity index (χ0n) is 16.2. The summed E-state index contributed by atoms with van der Waals surface area (Å²) in [6.45, 7) is 0.419. The predicted octanol–water partition coefficient (Wildman–Crippen LogP) is 2.18. The number of anilines is 1. The van der Waals surface area contributed by atoms with Gasteiger partial charge in [-0.3, -0.25) is 9.59 Å². The van der Waals surface area contributed by atoms with Crippen molar-refractivity contribution in [3.63, 3.8) is 0 Å². The number of nitrogens with zero attached hydrogens (tertiary/aromatic N) is 1. The van der Waals surface area contributed by atoms with Crippen molar-refractivity contribution in [2.45, 2.75) is 18.9 Å². The van der Waals surface area contributed by atoms with Gasteiger partial charge in [-0.05, 0) is 29.8 Å². The van der Waals surface area contributed by atoms with Gasteiger partial charge in [0.2, 0.25) is 11.8 Å². The largest absolute Gasteiger partial charge is 0.497 e. The lowest BCUT2D eigenvalue weighted by Gasteiger charge is -2.19. The van der Waals surface area contributed by atoms with E-state index in [1.807, 2.05) is 24.3 Å². The van der Waals surface area contributed by atoms with Gasteiger partial charge in [0.05, 0.1) is 33.8 Å². The van der Waals surface area contributed by atoms with Crippen LogP contribution in [0.25, 0.3) is 0 Å². The van der Waals surface area contributed by atoms with E-state index < -0.39 is 0 Å². The highest BCUT2D eigenvalue weighted by atomic mass is 16.5. The van der Waals surface area contributed by atoms with Crippen molar-refractivity contribution in [2.24, 2.45) is 0 Å². The second kappa shape index (κ2) is 8.65. The summed E-state index contributed by atoms with van der Waals surface area (Å²) >= 11 is 0. The number of rotatable bonds is 7. The number of hydrogen-bond acceptors (Lipinski definition) is 5. The summed E-state index contributed by atoms with van der Waals surface area (Å²) in [6.07, 6.45) is 0.522. The first-order valence-electron chi connectivity index (χ1n) is 8.98. The number of hydrogen-bond donors (Lipinski definition) is 1. The number of carbonyl (C=O) groups is 2. The Morgan fingerprint density at radius 1 is 1.04 bits per heavy atom. The molecule has 0 bridgehead atoms. The van der Waals surface area contributed by atoms with Gasteiger partial charge < -0.3 is 24.4 Å². The van der Waals surface area contributed by atoms with Gasteiger partial charge in [-0.1, -0.05) is 12.1 Å². The molecule has 148 valence electrons. The molecule has 0 radical (unpaired) electrons. The maximum Gasteiger partial charge on any atom is 0.229 e. The molecule has 1 saturated heterocycles. The summed E-state index contributed by atoms with van der Waals surface area (Å²) in [5, 5.41) is 2.95. The minimum Gasteiger partial charge on any atom is -0.497 e. The van der Waals surface area contributed by atoms with Crippen molar-refractivity contribution in [3.05, 3.63) is 48.0 Å². The quantitative estimate of drug-likeness (QED) is 0.792. The monoisotopic (exact) mass is 384 g/mol. The molecule has 2 amide bonds. The molecule has 1 fully saturated rings. The summed E-state index contributed by atoms with van der Waals surface area (Å²) in [5.74, 6) is 1.75. The van der Waals surface area contributed by atoms with Gasteiger partial charge >= 0.3 is 0 Å². The molecule has 1 N–H and O–H groups in total. The predicted molar refractivity (Wildman–Crippen MR) is 105 cm³/mol. The molecular formula is C21H24N2O5. The van der Waals surface area contributed by atoms with Gasteiger partial charge in [0, 0.05) is 24.7 Å². The molecule has 2 aromatic carbocycles. The maximum absolute atomic E-state index is 12.4. The lowest BCUT2D eigenvalue weighted by atomic mass is 10.1. The Kier molecular flexibility index (Phi) is 6.03. The highest BCUT2D eigenvalue weighted by molar-refractivity contribution is 5.97. The number of benzene rings is 2. The van der Waals surface area contributed by atoms with Crippen molar-refractivity contribution >= 4 is 17.5 Å². The second-order valence-electron chi connectivity index (χ2n) is 6.54. The zero-order chi connectivity index (χ0) is 20.1. The van der Waals surface area contributed by atoms with E-state index in [0.717, 1.165) is 17.0 Å². The molecule has 28 heavy (non-hydrogen) atoms. The summed E-state index contributed by atoms with van der Waals surface area (Å²) in [5.41, 5.74) is 1.61. The smallest absolute Gasteiger partial charge is 0.229 e. The van der Waals surface area contributed by atoms with Gasteiger partial charge in [0.1, 0.15) is 5.75 Å². The van der Waals surface area contributed by atoms with Crippen molar-refractivity contribution in [1.82, 2.24) is 5.32 Å². The number of methoxy groups -OCH3 is 3.